The average Bonchev–Trinajstić information content (AvgIpc) is 3.33. The van der Waals surface area contributed by atoms with Crippen LogP contribution in [0.15, 0.2) is 28.7 Å². The van der Waals surface area contributed by atoms with Gasteiger partial charge in [-0.3, -0.25) is 9.69 Å². The van der Waals surface area contributed by atoms with E-state index in [1.165, 1.54) is 11.8 Å². The molecule has 0 aromatic heterocycles. The first-order chi connectivity index (χ1) is 11.3. The van der Waals surface area contributed by atoms with Crippen molar-refractivity contribution in [3.05, 3.63) is 34.3 Å². The number of nitrogens with zero attached hydrogens (tertiary/aromatic N) is 2. The van der Waals surface area contributed by atoms with E-state index in [0.29, 0.717) is 25.6 Å². The summed E-state index contributed by atoms with van der Waals surface area (Å²) in [7, 11) is -2.92. The van der Waals surface area contributed by atoms with Gasteiger partial charge in [0.05, 0.1) is 5.75 Å². The molecule has 5 nitrogen and oxygen atoms in total. The van der Waals surface area contributed by atoms with Crippen molar-refractivity contribution in [2.45, 2.75) is 12.3 Å². The molecule has 132 valence electrons. The van der Waals surface area contributed by atoms with Gasteiger partial charge in [-0.05, 0) is 30.0 Å². The summed E-state index contributed by atoms with van der Waals surface area (Å²) in [6.45, 7) is 3.48. The molecular formula is C17H23BrN2O3S. The average molecular weight is 415 g/mol. The second-order valence-electron chi connectivity index (χ2n) is 6.80. The highest BCUT2D eigenvalue weighted by molar-refractivity contribution is 9.10. The maximum atomic E-state index is 12.6. The monoisotopic (exact) mass is 414 g/mol. The topological polar surface area (TPSA) is 57.7 Å². The van der Waals surface area contributed by atoms with E-state index in [2.05, 4.69) is 33.0 Å². The van der Waals surface area contributed by atoms with Gasteiger partial charge < -0.3 is 4.90 Å². The number of hydrogen-bond donors (Lipinski definition) is 0. The summed E-state index contributed by atoms with van der Waals surface area (Å²) in [5.41, 5.74) is 1.24. The smallest absolute Gasteiger partial charge is 0.226 e. The summed E-state index contributed by atoms with van der Waals surface area (Å²) in [5.74, 6) is 0.920. The lowest BCUT2D eigenvalue weighted by atomic mass is 10.1. The third kappa shape index (κ3) is 4.58. The normalized spacial score (nSPS) is 24.8. The fraction of sp³-hybridized carbons (Fsp3) is 0.588. The minimum atomic E-state index is -2.92. The standard InChI is InChI=1S/C17H23BrN2O3S/c1-24(22,23)11-10-19-6-8-20(9-7-19)17(21)16-12-15(16)13-2-4-14(18)5-3-13/h2-5,15-16H,6-12H2,1H3. The summed E-state index contributed by atoms with van der Waals surface area (Å²) in [4.78, 5) is 16.7. The molecule has 1 aromatic carbocycles. The van der Waals surface area contributed by atoms with Crippen LogP contribution in [-0.2, 0) is 14.6 Å². The van der Waals surface area contributed by atoms with Gasteiger partial charge in [0, 0.05) is 49.4 Å². The highest BCUT2D eigenvalue weighted by Gasteiger charge is 2.46. The number of carbonyl (C=O) groups is 1. The van der Waals surface area contributed by atoms with Gasteiger partial charge in [-0.2, -0.15) is 0 Å². The van der Waals surface area contributed by atoms with E-state index in [4.69, 9.17) is 0 Å². The third-order valence-corrected chi connectivity index (χ3v) is 6.32. The summed E-state index contributed by atoms with van der Waals surface area (Å²) in [6.07, 6.45) is 2.21. The third-order valence-electron chi connectivity index (χ3n) is 4.87. The van der Waals surface area contributed by atoms with Gasteiger partial charge in [-0.25, -0.2) is 8.42 Å². The molecule has 1 saturated carbocycles. The molecule has 1 aromatic rings. The molecule has 0 spiro atoms. The first kappa shape index (κ1) is 17.9. The molecule has 0 N–H and O–H groups in total. The van der Waals surface area contributed by atoms with Crippen molar-refractivity contribution in [1.82, 2.24) is 9.80 Å². The van der Waals surface area contributed by atoms with Crippen LogP contribution in [0.25, 0.3) is 0 Å². The molecule has 0 radical (unpaired) electrons. The molecule has 2 unspecified atom stereocenters. The molecule has 7 heteroatoms. The number of amides is 1. The number of sulfone groups is 1. The number of benzene rings is 1. The van der Waals surface area contributed by atoms with Gasteiger partial charge >= 0.3 is 0 Å². The van der Waals surface area contributed by atoms with Crippen LogP contribution in [0.1, 0.15) is 17.9 Å². The Kier molecular flexibility index (Phi) is 5.32. The quantitative estimate of drug-likeness (QED) is 0.735. The molecule has 3 rings (SSSR count). The number of halogens is 1. The highest BCUT2D eigenvalue weighted by Crippen LogP contribution is 2.48. The molecule has 1 saturated heterocycles. The second-order valence-corrected chi connectivity index (χ2v) is 9.97. The van der Waals surface area contributed by atoms with E-state index >= 15 is 0 Å². The predicted octanol–water partition coefficient (Wildman–Crippen LogP) is 1.74. The molecule has 24 heavy (non-hydrogen) atoms. The number of piperazine rings is 1. The van der Waals surface area contributed by atoms with E-state index in [9.17, 15) is 13.2 Å². The van der Waals surface area contributed by atoms with Crippen molar-refractivity contribution >= 4 is 31.7 Å². The summed E-state index contributed by atoms with van der Waals surface area (Å²) in [6, 6.07) is 8.22. The van der Waals surface area contributed by atoms with Crippen LogP contribution in [0.3, 0.4) is 0 Å². The van der Waals surface area contributed by atoms with Crippen molar-refractivity contribution in [2.75, 3.05) is 44.7 Å². The van der Waals surface area contributed by atoms with Crippen LogP contribution in [0.5, 0.6) is 0 Å². The van der Waals surface area contributed by atoms with Gasteiger partial charge in [-0.15, -0.1) is 0 Å². The van der Waals surface area contributed by atoms with Gasteiger partial charge in [0.15, 0.2) is 0 Å². The van der Waals surface area contributed by atoms with Crippen molar-refractivity contribution in [1.29, 1.82) is 0 Å². The minimum Gasteiger partial charge on any atom is -0.340 e. The summed E-state index contributed by atoms with van der Waals surface area (Å²) in [5, 5.41) is 0. The Bertz CT molecular complexity index is 697. The molecule has 0 bridgehead atoms. The van der Waals surface area contributed by atoms with Gasteiger partial charge in [-0.1, -0.05) is 28.1 Å². The van der Waals surface area contributed by atoms with E-state index < -0.39 is 9.84 Å². The Hall–Kier alpha value is -0.920. The Morgan fingerprint density at radius 3 is 2.38 bits per heavy atom. The van der Waals surface area contributed by atoms with Crippen LogP contribution in [0.2, 0.25) is 0 Å². The van der Waals surface area contributed by atoms with E-state index in [0.717, 1.165) is 24.0 Å². The lowest BCUT2D eigenvalue weighted by molar-refractivity contribution is -0.134. The van der Waals surface area contributed by atoms with Gasteiger partial charge in [0.2, 0.25) is 5.91 Å². The van der Waals surface area contributed by atoms with E-state index in [-0.39, 0.29) is 17.6 Å². The number of rotatable bonds is 5. The zero-order valence-corrected chi connectivity index (χ0v) is 16.2. The van der Waals surface area contributed by atoms with Crippen LogP contribution < -0.4 is 0 Å². The van der Waals surface area contributed by atoms with E-state index in [1.807, 2.05) is 17.0 Å². The van der Waals surface area contributed by atoms with Crippen molar-refractivity contribution in [3.8, 4) is 0 Å². The molecule has 1 amide bonds. The maximum Gasteiger partial charge on any atom is 0.226 e. The van der Waals surface area contributed by atoms with Crippen molar-refractivity contribution in [2.24, 2.45) is 5.92 Å². The zero-order chi connectivity index (χ0) is 17.3. The second kappa shape index (κ2) is 7.14. The van der Waals surface area contributed by atoms with Crippen LogP contribution in [-0.4, -0.2) is 68.9 Å². The Labute approximate surface area is 152 Å². The van der Waals surface area contributed by atoms with Gasteiger partial charge in [0.1, 0.15) is 9.84 Å². The first-order valence-electron chi connectivity index (χ1n) is 8.28. The van der Waals surface area contributed by atoms with Crippen LogP contribution in [0.4, 0.5) is 0 Å². The predicted molar refractivity (Wildman–Crippen MR) is 97.7 cm³/mol. The lowest BCUT2D eigenvalue weighted by Gasteiger charge is -2.34. The minimum absolute atomic E-state index is 0.119. The highest BCUT2D eigenvalue weighted by atomic mass is 79.9. The van der Waals surface area contributed by atoms with E-state index in [1.54, 1.807) is 0 Å². The van der Waals surface area contributed by atoms with Crippen LogP contribution in [0, 0.1) is 5.92 Å². The number of carbonyl (C=O) groups excluding carboxylic acids is 1. The molecule has 2 atom stereocenters. The molecule has 2 fully saturated rings. The fourth-order valence-electron chi connectivity index (χ4n) is 3.27. The maximum absolute atomic E-state index is 12.6. The summed E-state index contributed by atoms with van der Waals surface area (Å²) < 4.78 is 23.5. The van der Waals surface area contributed by atoms with Gasteiger partial charge in [0.25, 0.3) is 0 Å². The van der Waals surface area contributed by atoms with Crippen LogP contribution >= 0.6 is 15.9 Å². The fourth-order valence-corrected chi connectivity index (χ4v) is 4.12. The van der Waals surface area contributed by atoms with Crippen molar-refractivity contribution in [3.63, 3.8) is 0 Å². The lowest BCUT2D eigenvalue weighted by Crippen LogP contribution is -2.50. The Morgan fingerprint density at radius 1 is 1.17 bits per heavy atom. The van der Waals surface area contributed by atoms with Crippen molar-refractivity contribution < 1.29 is 13.2 Å². The molecule has 2 aliphatic rings. The largest absolute Gasteiger partial charge is 0.340 e. The Balaban J connectivity index is 1.47. The number of hydrogen-bond acceptors (Lipinski definition) is 4. The molecule has 1 aliphatic heterocycles. The SMILES string of the molecule is CS(=O)(=O)CCN1CCN(C(=O)C2CC2c2ccc(Br)cc2)CC1. The molecular weight excluding hydrogens is 392 g/mol. The molecule has 1 heterocycles. The zero-order valence-electron chi connectivity index (χ0n) is 13.8. The first-order valence-corrected chi connectivity index (χ1v) is 11.1. The molecule has 1 aliphatic carbocycles. The summed E-state index contributed by atoms with van der Waals surface area (Å²) >= 11 is 3.43. The Morgan fingerprint density at radius 2 is 1.79 bits per heavy atom.